The molecule has 0 aliphatic carbocycles. The van der Waals surface area contributed by atoms with Gasteiger partial charge in [0.25, 0.3) is 0 Å². The molecule has 154 valence electrons. The van der Waals surface area contributed by atoms with Gasteiger partial charge < -0.3 is 15.0 Å². The molecule has 1 unspecified atom stereocenters. The van der Waals surface area contributed by atoms with E-state index in [0.29, 0.717) is 12.2 Å². The maximum absolute atomic E-state index is 12.6. The van der Waals surface area contributed by atoms with Gasteiger partial charge in [-0.15, -0.1) is 0 Å². The molecule has 0 radical (unpaired) electrons. The first-order valence-corrected chi connectivity index (χ1v) is 9.78. The monoisotopic (exact) mass is 381 g/mol. The van der Waals surface area contributed by atoms with Crippen molar-refractivity contribution in [3.63, 3.8) is 0 Å². The number of likely N-dealkylation sites (N-methyl/N-ethyl adjacent to an activating group) is 2. The second-order valence-corrected chi connectivity index (χ2v) is 7.52. The van der Waals surface area contributed by atoms with Gasteiger partial charge >= 0.3 is 5.97 Å². The van der Waals surface area contributed by atoms with Crippen LogP contribution in [0.5, 0.6) is 0 Å². The summed E-state index contributed by atoms with van der Waals surface area (Å²) in [6.07, 6.45) is 4.72. The van der Waals surface area contributed by atoms with Crippen LogP contribution >= 0.6 is 0 Å². The molecule has 2 amide bonds. The van der Waals surface area contributed by atoms with Gasteiger partial charge in [0.05, 0.1) is 25.2 Å². The summed E-state index contributed by atoms with van der Waals surface area (Å²) in [7, 11) is 3.63. The third-order valence-electron chi connectivity index (χ3n) is 5.03. The molecule has 27 heavy (non-hydrogen) atoms. The van der Waals surface area contributed by atoms with Crippen LogP contribution in [0.25, 0.3) is 0 Å². The van der Waals surface area contributed by atoms with Crippen LogP contribution in [0.15, 0.2) is 11.6 Å². The van der Waals surface area contributed by atoms with Gasteiger partial charge in [0.15, 0.2) is 0 Å². The molecule has 1 fully saturated rings. The number of esters is 1. The van der Waals surface area contributed by atoms with Crippen LogP contribution in [-0.4, -0.2) is 73.5 Å². The van der Waals surface area contributed by atoms with E-state index < -0.39 is 0 Å². The van der Waals surface area contributed by atoms with Gasteiger partial charge in [-0.25, -0.2) is 4.79 Å². The number of likely N-dealkylation sites (tertiary alicyclic amines) is 1. The van der Waals surface area contributed by atoms with Crippen LogP contribution in [0.4, 0.5) is 0 Å². The highest BCUT2D eigenvalue weighted by Crippen LogP contribution is 2.16. The van der Waals surface area contributed by atoms with Crippen LogP contribution < -0.4 is 5.32 Å². The molecule has 1 saturated heterocycles. The molecule has 0 aromatic rings. The predicted octanol–water partition coefficient (Wildman–Crippen LogP) is 1.58. The molecular weight excluding hydrogens is 346 g/mol. The van der Waals surface area contributed by atoms with Crippen molar-refractivity contribution < 1.29 is 19.1 Å². The minimum atomic E-state index is -0.377. The van der Waals surface area contributed by atoms with Gasteiger partial charge in [0.2, 0.25) is 11.8 Å². The van der Waals surface area contributed by atoms with Crippen LogP contribution in [0.2, 0.25) is 0 Å². The lowest BCUT2D eigenvalue weighted by Crippen LogP contribution is -2.51. The molecule has 0 bridgehead atoms. The maximum atomic E-state index is 12.6. The zero-order chi connectivity index (χ0) is 20.6. The molecule has 0 spiro atoms. The Hall–Kier alpha value is -1.89. The molecule has 1 heterocycles. The van der Waals surface area contributed by atoms with E-state index in [0.717, 1.165) is 25.8 Å². The fourth-order valence-corrected chi connectivity index (χ4v) is 3.30. The highest BCUT2D eigenvalue weighted by atomic mass is 16.5. The molecule has 2 atom stereocenters. The molecule has 0 aromatic carbocycles. The summed E-state index contributed by atoms with van der Waals surface area (Å²) < 4.78 is 5.01. The van der Waals surface area contributed by atoms with Gasteiger partial charge in [-0.3, -0.25) is 14.5 Å². The number of ether oxygens (including phenoxy) is 1. The first-order chi connectivity index (χ1) is 12.7. The van der Waals surface area contributed by atoms with E-state index in [4.69, 9.17) is 4.74 Å². The molecule has 1 rings (SSSR count). The number of carbonyl (C=O) groups is 3. The van der Waals surface area contributed by atoms with E-state index >= 15 is 0 Å². The zero-order valence-electron chi connectivity index (χ0n) is 17.6. The number of carbonyl (C=O) groups excluding carboxylic acids is 3. The van der Waals surface area contributed by atoms with Gasteiger partial charge in [-0.2, -0.15) is 0 Å². The molecule has 0 aromatic heterocycles. The fourth-order valence-electron chi connectivity index (χ4n) is 3.30. The second-order valence-electron chi connectivity index (χ2n) is 7.52. The van der Waals surface area contributed by atoms with Crippen molar-refractivity contribution in [3.8, 4) is 0 Å². The summed E-state index contributed by atoms with van der Waals surface area (Å²) in [4.78, 5) is 40.4. The van der Waals surface area contributed by atoms with Crippen molar-refractivity contribution in [3.05, 3.63) is 11.6 Å². The summed E-state index contributed by atoms with van der Waals surface area (Å²) in [5.74, 6) is -0.548. The van der Waals surface area contributed by atoms with Crippen LogP contribution in [-0.2, 0) is 19.1 Å². The smallest absolute Gasteiger partial charge is 0.333 e. The topological polar surface area (TPSA) is 79.0 Å². The van der Waals surface area contributed by atoms with Crippen molar-refractivity contribution in [2.24, 2.45) is 5.92 Å². The second kappa shape index (κ2) is 11.1. The highest BCUT2D eigenvalue weighted by molar-refractivity contribution is 5.89. The first-order valence-electron chi connectivity index (χ1n) is 9.78. The van der Waals surface area contributed by atoms with E-state index in [1.807, 2.05) is 25.8 Å². The lowest BCUT2D eigenvalue weighted by atomic mass is 10.00. The molecule has 7 nitrogen and oxygen atoms in total. The Bertz CT molecular complexity index is 559. The Morgan fingerprint density at radius 2 is 1.96 bits per heavy atom. The third-order valence-corrected chi connectivity index (χ3v) is 5.03. The van der Waals surface area contributed by atoms with E-state index in [1.54, 1.807) is 31.9 Å². The summed E-state index contributed by atoms with van der Waals surface area (Å²) in [6.45, 7) is 8.58. The van der Waals surface area contributed by atoms with E-state index in [-0.39, 0.29) is 42.3 Å². The number of rotatable bonds is 8. The predicted molar refractivity (Wildman–Crippen MR) is 105 cm³/mol. The largest absolute Gasteiger partial charge is 0.463 e. The number of hydrogen-bond donors (Lipinski definition) is 1. The van der Waals surface area contributed by atoms with Gasteiger partial charge in [-0.1, -0.05) is 26.3 Å². The molecular formula is C20H35N3O4. The van der Waals surface area contributed by atoms with Crippen molar-refractivity contribution in [1.29, 1.82) is 0 Å². The van der Waals surface area contributed by atoms with E-state index in [1.165, 1.54) is 0 Å². The van der Waals surface area contributed by atoms with E-state index in [2.05, 4.69) is 5.32 Å². The molecule has 7 heteroatoms. The van der Waals surface area contributed by atoms with Crippen molar-refractivity contribution in [1.82, 2.24) is 15.1 Å². The van der Waals surface area contributed by atoms with Crippen molar-refractivity contribution >= 4 is 17.8 Å². The quantitative estimate of drug-likeness (QED) is 0.510. The van der Waals surface area contributed by atoms with Crippen molar-refractivity contribution in [2.45, 2.75) is 59.0 Å². The molecule has 1 N–H and O–H groups in total. The lowest BCUT2D eigenvalue weighted by molar-refractivity contribution is -0.138. The first kappa shape index (κ1) is 23.1. The lowest BCUT2D eigenvalue weighted by Gasteiger charge is -2.32. The number of hydrogen-bond acceptors (Lipinski definition) is 5. The number of piperidine rings is 1. The maximum Gasteiger partial charge on any atom is 0.333 e. The third kappa shape index (κ3) is 6.97. The van der Waals surface area contributed by atoms with E-state index in [9.17, 15) is 14.4 Å². The molecule has 0 saturated carbocycles. The average molecular weight is 382 g/mol. The van der Waals surface area contributed by atoms with Gasteiger partial charge in [0, 0.05) is 12.6 Å². The Morgan fingerprint density at radius 3 is 2.52 bits per heavy atom. The summed E-state index contributed by atoms with van der Waals surface area (Å²) in [5.41, 5.74) is 0.475. The molecule has 1 aliphatic rings. The van der Waals surface area contributed by atoms with Gasteiger partial charge in [0.1, 0.15) is 0 Å². The van der Waals surface area contributed by atoms with Crippen LogP contribution in [0.3, 0.4) is 0 Å². The highest BCUT2D eigenvalue weighted by Gasteiger charge is 2.27. The fraction of sp³-hybridized carbons (Fsp3) is 0.750. The Morgan fingerprint density at radius 1 is 1.30 bits per heavy atom. The van der Waals surface area contributed by atoms with Crippen LogP contribution in [0.1, 0.15) is 47.0 Å². The van der Waals surface area contributed by atoms with Gasteiger partial charge in [-0.05, 0) is 46.2 Å². The molecule has 1 aliphatic heterocycles. The number of nitrogens with zero attached hydrogens (tertiary/aromatic N) is 2. The Labute approximate surface area is 163 Å². The SMILES string of the molecule is CCOC(=O)C(C)=C[C@H](C(C)C)N(C)C(=O)CNC(=O)C1CCCCN1C. The number of amides is 2. The standard InChI is InChI=1S/C20H35N3O4/c1-7-27-20(26)15(4)12-17(14(2)3)23(6)18(24)13-21-19(25)16-10-8-9-11-22(16)5/h12,14,16-17H,7-11,13H2,1-6H3,(H,21,25)/t16?,17-/m1/s1. The summed E-state index contributed by atoms with van der Waals surface area (Å²) in [6, 6.07) is -0.417. The van der Waals surface area contributed by atoms with Crippen molar-refractivity contribution in [2.75, 3.05) is 33.8 Å². The normalized spacial score (nSPS) is 19.5. The zero-order valence-corrected chi connectivity index (χ0v) is 17.6. The Kier molecular flexibility index (Phi) is 9.49. The minimum absolute atomic E-state index is 0.0464. The summed E-state index contributed by atoms with van der Waals surface area (Å²) in [5, 5.41) is 2.77. The minimum Gasteiger partial charge on any atom is -0.463 e. The Balaban J connectivity index is 2.69. The van der Waals surface area contributed by atoms with Crippen LogP contribution in [0, 0.1) is 5.92 Å². The summed E-state index contributed by atoms with van der Waals surface area (Å²) >= 11 is 0. The number of nitrogens with one attached hydrogen (secondary N) is 1. The average Bonchev–Trinajstić information content (AvgIpc) is 2.63.